The van der Waals surface area contributed by atoms with Crippen molar-refractivity contribution < 1.29 is 9.47 Å². The van der Waals surface area contributed by atoms with Crippen LogP contribution in [0.15, 0.2) is 29.3 Å². The molecule has 2 fully saturated rings. The molecule has 2 aliphatic heterocycles. The molecule has 2 unspecified atom stereocenters. The summed E-state index contributed by atoms with van der Waals surface area (Å²) in [5, 5.41) is 7.04. The minimum Gasteiger partial charge on any atom is -0.497 e. The molecule has 0 spiro atoms. The Bertz CT molecular complexity index is 654. The molecule has 174 valence electrons. The van der Waals surface area contributed by atoms with Crippen molar-refractivity contribution in [3.05, 3.63) is 29.8 Å². The first kappa shape index (κ1) is 23.8. The van der Waals surface area contributed by atoms with E-state index in [0.717, 1.165) is 77.3 Å². The lowest BCUT2D eigenvalue weighted by molar-refractivity contribution is 0.0323. The fraction of sp³-hybridized carbons (Fsp3) is 0.708. The smallest absolute Gasteiger partial charge is 0.191 e. The summed E-state index contributed by atoms with van der Waals surface area (Å²) in [6.45, 7) is 14.1. The SMILES string of the molecule is CCNC(=NCC(C)CN1CCOCC1)NCC(c1ccc(OC)cc1)N1CCCC1. The average Bonchev–Trinajstić information content (AvgIpc) is 3.33. The highest BCUT2D eigenvalue weighted by Crippen LogP contribution is 2.26. The summed E-state index contributed by atoms with van der Waals surface area (Å²) < 4.78 is 10.8. The fourth-order valence-corrected chi connectivity index (χ4v) is 4.40. The van der Waals surface area contributed by atoms with E-state index in [9.17, 15) is 0 Å². The van der Waals surface area contributed by atoms with Gasteiger partial charge in [-0.15, -0.1) is 0 Å². The van der Waals surface area contributed by atoms with Crippen LogP contribution >= 0.6 is 0 Å². The Morgan fingerprint density at radius 2 is 1.81 bits per heavy atom. The van der Waals surface area contributed by atoms with Crippen molar-refractivity contribution >= 4 is 5.96 Å². The molecule has 0 aliphatic carbocycles. The zero-order valence-corrected chi connectivity index (χ0v) is 19.6. The monoisotopic (exact) mass is 431 g/mol. The Morgan fingerprint density at radius 1 is 1.10 bits per heavy atom. The van der Waals surface area contributed by atoms with Gasteiger partial charge >= 0.3 is 0 Å². The van der Waals surface area contributed by atoms with Crippen LogP contribution in [-0.4, -0.2) is 88.4 Å². The molecule has 7 heteroatoms. The number of hydrogen-bond acceptors (Lipinski definition) is 5. The summed E-state index contributed by atoms with van der Waals surface area (Å²) in [4.78, 5) is 9.96. The zero-order valence-electron chi connectivity index (χ0n) is 19.6. The van der Waals surface area contributed by atoms with Crippen LogP contribution in [-0.2, 0) is 4.74 Å². The molecule has 0 saturated carbocycles. The van der Waals surface area contributed by atoms with Gasteiger partial charge in [0.05, 0.1) is 26.4 Å². The van der Waals surface area contributed by atoms with Crippen LogP contribution in [0, 0.1) is 5.92 Å². The second-order valence-corrected chi connectivity index (χ2v) is 8.65. The van der Waals surface area contributed by atoms with Gasteiger partial charge in [0.15, 0.2) is 5.96 Å². The highest BCUT2D eigenvalue weighted by Gasteiger charge is 2.24. The topological polar surface area (TPSA) is 61.4 Å². The Kier molecular flexibility index (Phi) is 9.90. The zero-order chi connectivity index (χ0) is 21.9. The third-order valence-corrected chi connectivity index (χ3v) is 6.12. The molecule has 0 amide bonds. The minimum absolute atomic E-state index is 0.336. The largest absolute Gasteiger partial charge is 0.497 e. The number of aliphatic imine (C=N–C) groups is 1. The van der Waals surface area contributed by atoms with Gasteiger partial charge in [-0.1, -0.05) is 19.1 Å². The van der Waals surface area contributed by atoms with E-state index in [2.05, 4.69) is 58.5 Å². The second kappa shape index (κ2) is 12.9. The van der Waals surface area contributed by atoms with Crippen LogP contribution in [0.5, 0.6) is 5.75 Å². The predicted molar refractivity (Wildman–Crippen MR) is 127 cm³/mol. The average molecular weight is 432 g/mol. The summed E-state index contributed by atoms with van der Waals surface area (Å²) in [5.41, 5.74) is 1.33. The van der Waals surface area contributed by atoms with E-state index in [4.69, 9.17) is 14.5 Å². The standard InChI is InChI=1S/C24H41N5O2/c1-4-25-24(26-17-20(2)19-28-13-15-31-16-14-28)27-18-23(29-11-5-6-12-29)21-7-9-22(30-3)10-8-21/h7-10,20,23H,4-6,11-19H2,1-3H3,(H2,25,26,27). The molecule has 1 aromatic rings. The lowest BCUT2D eigenvalue weighted by Gasteiger charge is -2.29. The first-order valence-electron chi connectivity index (χ1n) is 11.9. The lowest BCUT2D eigenvalue weighted by Crippen LogP contribution is -2.43. The Hall–Kier alpha value is -1.83. The summed E-state index contributed by atoms with van der Waals surface area (Å²) >= 11 is 0. The van der Waals surface area contributed by atoms with Gasteiger partial charge in [0, 0.05) is 39.3 Å². The molecule has 7 nitrogen and oxygen atoms in total. The fourth-order valence-electron chi connectivity index (χ4n) is 4.40. The van der Waals surface area contributed by atoms with Gasteiger partial charge in [0.25, 0.3) is 0 Å². The predicted octanol–water partition coefficient (Wildman–Crippen LogP) is 2.36. The second-order valence-electron chi connectivity index (χ2n) is 8.65. The molecule has 2 heterocycles. The molecule has 0 aromatic heterocycles. The maximum Gasteiger partial charge on any atom is 0.191 e. The molecule has 2 atom stereocenters. The Labute approximate surface area is 188 Å². The lowest BCUT2D eigenvalue weighted by atomic mass is 10.1. The van der Waals surface area contributed by atoms with Crippen molar-refractivity contribution in [1.29, 1.82) is 0 Å². The molecule has 0 radical (unpaired) electrons. The number of benzene rings is 1. The molecule has 2 aliphatic rings. The highest BCUT2D eigenvalue weighted by molar-refractivity contribution is 5.79. The summed E-state index contributed by atoms with van der Waals surface area (Å²) in [5.74, 6) is 2.33. The van der Waals surface area contributed by atoms with E-state index in [-0.39, 0.29) is 0 Å². The van der Waals surface area contributed by atoms with Gasteiger partial charge in [-0.05, 0) is 56.5 Å². The molecule has 3 rings (SSSR count). The van der Waals surface area contributed by atoms with Crippen molar-refractivity contribution in [3.63, 3.8) is 0 Å². The third kappa shape index (κ3) is 7.66. The first-order valence-corrected chi connectivity index (χ1v) is 11.9. The van der Waals surface area contributed by atoms with Crippen molar-refractivity contribution in [2.45, 2.75) is 32.7 Å². The molecule has 1 aromatic carbocycles. The molecule has 31 heavy (non-hydrogen) atoms. The van der Waals surface area contributed by atoms with Crippen LogP contribution in [0.25, 0.3) is 0 Å². The van der Waals surface area contributed by atoms with Gasteiger partial charge < -0.3 is 20.1 Å². The van der Waals surface area contributed by atoms with Gasteiger partial charge in [0.1, 0.15) is 5.75 Å². The van der Waals surface area contributed by atoms with Crippen LogP contribution in [0.1, 0.15) is 38.3 Å². The molecule has 2 saturated heterocycles. The molecular formula is C24H41N5O2. The molecule has 0 bridgehead atoms. The van der Waals surface area contributed by atoms with Crippen molar-refractivity contribution in [3.8, 4) is 5.75 Å². The van der Waals surface area contributed by atoms with Gasteiger partial charge in [-0.2, -0.15) is 0 Å². The van der Waals surface area contributed by atoms with Crippen LogP contribution < -0.4 is 15.4 Å². The third-order valence-electron chi connectivity index (χ3n) is 6.12. The number of morpholine rings is 1. The van der Waals surface area contributed by atoms with Crippen LogP contribution in [0.4, 0.5) is 0 Å². The Balaban J connectivity index is 1.58. The van der Waals surface area contributed by atoms with Crippen molar-refractivity contribution in [2.24, 2.45) is 10.9 Å². The number of guanidine groups is 1. The minimum atomic E-state index is 0.336. The highest BCUT2D eigenvalue weighted by atomic mass is 16.5. The molecular weight excluding hydrogens is 390 g/mol. The van der Waals surface area contributed by atoms with Gasteiger partial charge in [-0.3, -0.25) is 14.8 Å². The van der Waals surface area contributed by atoms with Gasteiger partial charge in [0.2, 0.25) is 0 Å². The summed E-state index contributed by atoms with van der Waals surface area (Å²) in [6.07, 6.45) is 2.56. The normalized spacial score (nSPS) is 20.4. The van der Waals surface area contributed by atoms with Crippen molar-refractivity contribution in [1.82, 2.24) is 20.4 Å². The van der Waals surface area contributed by atoms with Crippen LogP contribution in [0.2, 0.25) is 0 Å². The van der Waals surface area contributed by atoms with E-state index in [0.29, 0.717) is 12.0 Å². The van der Waals surface area contributed by atoms with Crippen LogP contribution in [0.3, 0.4) is 0 Å². The van der Waals surface area contributed by atoms with Crippen molar-refractivity contribution in [2.75, 3.05) is 72.7 Å². The van der Waals surface area contributed by atoms with E-state index in [1.54, 1.807) is 7.11 Å². The Morgan fingerprint density at radius 3 is 2.45 bits per heavy atom. The maximum atomic E-state index is 5.46. The molecule has 2 N–H and O–H groups in total. The van der Waals surface area contributed by atoms with E-state index in [1.165, 1.54) is 18.4 Å². The number of ether oxygens (including phenoxy) is 2. The maximum absolute atomic E-state index is 5.46. The quantitative estimate of drug-likeness (QED) is 0.438. The summed E-state index contributed by atoms with van der Waals surface area (Å²) in [6, 6.07) is 8.84. The first-order chi connectivity index (χ1) is 15.2. The number of likely N-dealkylation sites (tertiary alicyclic amines) is 1. The number of rotatable bonds is 10. The summed E-state index contributed by atoms with van der Waals surface area (Å²) in [7, 11) is 1.72. The van der Waals surface area contributed by atoms with E-state index < -0.39 is 0 Å². The van der Waals surface area contributed by atoms with Gasteiger partial charge in [-0.25, -0.2) is 0 Å². The van der Waals surface area contributed by atoms with E-state index in [1.807, 2.05) is 0 Å². The number of nitrogens with zero attached hydrogens (tertiary/aromatic N) is 3. The number of methoxy groups -OCH3 is 1. The van der Waals surface area contributed by atoms with E-state index >= 15 is 0 Å². The number of hydrogen-bond donors (Lipinski definition) is 2. The number of nitrogens with one attached hydrogen (secondary N) is 2.